The summed E-state index contributed by atoms with van der Waals surface area (Å²) in [6.45, 7) is 10.5. The average Bonchev–Trinajstić information content (AvgIpc) is 2.82. The largest absolute Gasteiger partial charge is 0.387 e. The van der Waals surface area contributed by atoms with Crippen molar-refractivity contribution in [1.29, 1.82) is 0 Å². The number of hydrogen-bond acceptors (Lipinski definition) is 7. The summed E-state index contributed by atoms with van der Waals surface area (Å²) < 4.78 is 37.4. The molecule has 2 saturated heterocycles. The van der Waals surface area contributed by atoms with Gasteiger partial charge in [0.05, 0.1) is 18.1 Å². The number of aliphatic imine (C=N–C) groups is 1. The second-order valence-electron chi connectivity index (χ2n) is 8.80. The van der Waals surface area contributed by atoms with Crippen molar-refractivity contribution < 1.29 is 22.7 Å². The minimum Gasteiger partial charge on any atom is -0.387 e. The highest BCUT2D eigenvalue weighted by Crippen LogP contribution is 2.31. The highest BCUT2D eigenvalue weighted by atomic mass is 32.2. The molecule has 2 amide bonds. The number of anilines is 1. The lowest BCUT2D eigenvalue weighted by Crippen LogP contribution is -2.59. The number of sulfone groups is 1. The monoisotopic (exact) mass is 505 g/mol. The molecule has 0 aliphatic carbocycles. The van der Waals surface area contributed by atoms with E-state index in [1.807, 2.05) is 19.9 Å². The fraction of sp³-hybridized carbons (Fsp3) is 0.500. The van der Waals surface area contributed by atoms with Gasteiger partial charge in [0, 0.05) is 51.1 Å². The highest BCUT2D eigenvalue weighted by Gasteiger charge is 2.41. The Morgan fingerprint density at radius 3 is 2.60 bits per heavy atom. The molecule has 0 aromatic heterocycles. The number of ether oxygens (including phenoxy) is 2. The van der Waals surface area contributed by atoms with E-state index in [9.17, 15) is 13.2 Å². The standard InChI is InChI=1S/C24H35N5O5S/c1-5-18(13-26-23(25)17(2)3)19-10-20(28-6-8-34-9-7-28)12-21(11-19)35(31,32)22-14-29(15-22)24(30)27-16-33-4/h5,10-13,17,22H,1,6-9,14-16H2,2-4H3,(H2,25,26)(H,27,30)/b18-13+. The molecular formula is C24H35N5O5S. The fourth-order valence-corrected chi connectivity index (χ4v) is 5.41. The molecule has 0 unspecified atom stereocenters. The Bertz CT molecular complexity index is 1090. The van der Waals surface area contributed by atoms with Gasteiger partial charge < -0.3 is 30.3 Å². The van der Waals surface area contributed by atoms with Crippen molar-refractivity contribution in [3.05, 3.63) is 42.6 Å². The van der Waals surface area contributed by atoms with Gasteiger partial charge in [0.2, 0.25) is 0 Å². The maximum atomic E-state index is 13.5. The third-order valence-corrected chi connectivity index (χ3v) is 8.10. The van der Waals surface area contributed by atoms with Gasteiger partial charge in [0.1, 0.15) is 17.8 Å². The molecule has 1 aromatic rings. The molecule has 11 heteroatoms. The normalized spacial score (nSPS) is 17.9. The number of allylic oxidation sites excluding steroid dienone is 2. The van der Waals surface area contributed by atoms with Crippen LogP contribution in [-0.4, -0.2) is 83.7 Å². The van der Waals surface area contributed by atoms with Crippen LogP contribution in [0, 0.1) is 5.92 Å². The van der Waals surface area contributed by atoms with Gasteiger partial charge in [-0.2, -0.15) is 0 Å². The summed E-state index contributed by atoms with van der Waals surface area (Å²) >= 11 is 0. The summed E-state index contributed by atoms with van der Waals surface area (Å²) in [5, 5.41) is 1.89. The van der Waals surface area contributed by atoms with Crippen molar-refractivity contribution in [2.45, 2.75) is 24.0 Å². The Hall–Kier alpha value is -2.89. The predicted molar refractivity (Wildman–Crippen MR) is 137 cm³/mol. The quantitative estimate of drug-likeness (QED) is 0.227. The fourth-order valence-electron chi connectivity index (χ4n) is 3.70. The number of urea groups is 1. The molecule has 3 rings (SSSR count). The van der Waals surface area contributed by atoms with Crippen LogP contribution in [0.15, 0.2) is 46.9 Å². The molecule has 3 N–H and O–H groups in total. The number of methoxy groups -OCH3 is 1. The topological polar surface area (TPSA) is 127 Å². The third-order valence-electron chi connectivity index (χ3n) is 6.04. The van der Waals surface area contributed by atoms with Crippen LogP contribution in [0.4, 0.5) is 10.5 Å². The van der Waals surface area contributed by atoms with Crippen molar-refractivity contribution in [3.63, 3.8) is 0 Å². The molecule has 2 fully saturated rings. The van der Waals surface area contributed by atoms with Gasteiger partial charge in [-0.3, -0.25) is 0 Å². The average molecular weight is 506 g/mol. The van der Waals surface area contributed by atoms with Gasteiger partial charge >= 0.3 is 6.03 Å². The van der Waals surface area contributed by atoms with Crippen molar-refractivity contribution in [1.82, 2.24) is 10.2 Å². The molecule has 2 heterocycles. The first-order valence-corrected chi connectivity index (χ1v) is 13.1. The number of morpholine rings is 1. The zero-order chi connectivity index (χ0) is 25.6. The molecular weight excluding hydrogens is 470 g/mol. The minimum atomic E-state index is -3.69. The van der Waals surface area contributed by atoms with E-state index in [2.05, 4.69) is 21.8 Å². The lowest BCUT2D eigenvalue weighted by Gasteiger charge is -2.38. The summed E-state index contributed by atoms with van der Waals surface area (Å²) in [6, 6.07) is 4.93. The molecule has 10 nitrogen and oxygen atoms in total. The number of nitrogens with zero attached hydrogens (tertiary/aromatic N) is 3. The highest BCUT2D eigenvalue weighted by molar-refractivity contribution is 7.92. The first-order chi connectivity index (χ1) is 16.7. The van der Waals surface area contributed by atoms with Crippen LogP contribution in [0.1, 0.15) is 19.4 Å². The summed E-state index contributed by atoms with van der Waals surface area (Å²) in [5.74, 6) is 0.554. The van der Waals surface area contributed by atoms with E-state index in [0.717, 1.165) is 5.69 Å². The smallest absolute Gasteiger partial charge is 0.319 e. The van der Waals surface area contributed by atoms with E-state index in [-0.39, 0.29) is 36.7 Å². The van der Waals surface area contributed by atoms with E-state index in [1.54, 1.807) is 24.4 Å². The first kappa shape index (κ1) is 26.7. The SMILES string of the molecule is C=C/C(=C\N=C(\N)C(C)C)c1cc(N2CCOCC2)cc(S(=O)(=O)C2CN(C(=O)NCOC)C2)c1. The Labute approximate surface area is 207 Å². The van der Waals surface area contributed by atoms with E-state index in [1.165, 1.54) is 12.0 Å². The van der Waals surface area contributed by atoms with Crippen LogP contribution in [0.5, 0.6) is 0 Å². The van der Waals surface area contributed by atoms with E-state index in [4.69, 9.17) is 15.2 Å². The Morgan fingerprint density at radius 1 is 1.31 bits per heavy atom. The number of amides is 2. The molecule has 0 bridgehead atoms. The number of nitrogens with one attached hydrogen (secondary N) is 1. The molecule has 35 heavy (non-hydrogen) atoms. The van der Waals surface area contributed by atoms with Gasteiger partial charge in [-0.1, -0.05) is 26.5 Å². The van der Waals surface area contributed by atoms with Crippen LogP contribution in [0.2, 0.25) is 0 Å². The molecule has 1 aromatic carbocycles. The van der Waals surface area contributed by atoms with E-state index >= 15 is 0 Å². The number of benzene rings is 1. The van der Waals surface area contributed by atoms with E-state index in [0.29, 0.717) is 43.3 Å². The maximum absolute atomic E-state index is 13.5. The Balaban J connectivity index is 1.94. The number of rotatable bonds is 9. The van der Waals surface area contributed by atoms with Crippen LogP contribution < -0.4 is 16.0 Å². The summed E-state index contributed by atoms with van der Waals surface area (Å²) in [5.41, 5.74) is 8.11. The first-order valence-electron chi connectivity index (χ1n) is 11.6. The molecule has 2 aliphatic heterocycles. The van der Waals surface area contributed by atoms with Gasteiger partial charge in [0.25, 0.3) is 0 Å². The Morgan fingerprint density at radius 2 is 2.00 bits per heavy atom. The Kier molecular flexibility index (Phi) is 8.92. The number of hydrogen-bond donors (Lipinski definition) is 2. The van der Waals surface area contributed by atoms with Gasteiger partial charge in [-0.05, 0) is 29.3 Å². The van der Waals surface area contributed by atoms with Crippen LogP contribution in [0.25, 0.3) is 5.57 Å². The molecule has 0 spiro atoms. The van der Waals surface area contributed by atoms with Gasteiger partial charge in [-0.15, -0.1) is 0 Å². The molecule has 0 radical (unpaired) electrons. The lowest BCUT2D eigenvalue weighted by molar-refractivity contribution is 0.122. The number of carbonyl (C=O) groups is 1. The molecule has 0 saturated carbocycles. The second kappa shape index (κ2) is 11.7. The number of nitrogens with two attached hydrogens (primary N) is 1. The third kappa shape index (κ3) is 6.41. The van der Waals surface area contributed by atoms with Crippen LogP contribution in [-0.2, 0) is 19.3 Å². The van der Waals surface area contributed by atoms with Crippen LogP contribution in [0.3, 0.4) is 0 Å². The van der Waals surface area contributed by atoms with Gasteiger partial charge in [-0.25, -0.2) is 18.2 Å². The lowest BCUT2D eigenvalue weighted by atomic mass is 10.1. The predicted octanol–water partition coefficient (Wildman–Crippen LogP) is 1.83. The number of likely N-dealkylation sites (tertiary alicyclic amines) is 1. The summed E-state index contributed by atoms with van der Waals surface area (Å²) in [6.07, 6.45) is 3.25. The molecule has 2 aliphatic rings. The van der Waals surface area contributed by atoms with Crippen molar-refractivity contribution in [2.24, 2.45) is 16.6 Å². The minimum absolute atomic E-state index is 0.0676. The number of carbonyl (C=O) groups excluding carboxylic acids is 1. The molecule has 192 valence electrons. The van der Waals surface area contributed by atoms with Crippen LogP contribution >= 0.6 is 0 Å². The van der Waals surface area contributed by atoms with Crippen molar-refractivity contribution >= 4 is 33.0 Å². The van der Waals surface area contributed by atoms with Crippen molar-refractivity contribution in [2.75, 3.05) is 58.1 Å². The summed E-state index contributed by atoms with van der Waals surface area (Å²) in [4.78, 5) is 20.2. The van der Waals surface area contributed by atoms with E-state index < -0.39 is 15.1 Å². The molecule has 0 atom stereocenters. The number of amidine groups is 1. The van der Waals surface area contributed by atoms with Gasteiger partial charge in [0.15, 0.2) is 9.84 Å². The maximum Gasteiger partial charge on any atom is 0.319 e. The van der Waals surface area contributed by atoms with Crippen molar-refractivity contribution in [3.8, 4) is 0 Å². The zero-order valence-electron chi connectivity index (χ0n) is 20.6. The zero-order valence-corrected chi connectivity index (χ0v) is 21.4. The summed E-state index contributed by atoms with van der Waals surface area (Å²) in [7, 11) is -2.22. The second-order valence-corrected chi connectivity index (χ2v) is 11.0.